The summed E-state index contributed by atoms with van der Waals surface area (Å²) in [5.74, 6) is 1.93. The monoisotopic (exact) mass is 340 g/mol. The molecule has 1 aromatic carbocycles. The highest BCUT2D eigenvalue weighted by Crippen LogP contribution is 2.35. The molecule has 0 aromatic heterocycles. The zero-order chi connectivity index (χ0) is 17.5. The first-order chi connectivity index (χ1) is 12.2. The molecule has 0 heterocycles. The highest BCUT2D eigenvalue weighted by Gasteiger charge is 2.25. The fraction of sp³-hybridized carbons (Fsp3) is 0.652. The van der Waals surface area contributed by atoms with Crippen LogP contribution in [0.5, 0.6) is 0 Å². The Hall–Kier alpha value is -1.12. The average Bonchev–Trinajstić information content (AvgIpc) is 2.64. The van der Waals surface area contributed by atoms with Crippen molar-refractivity contribution in [3.63, 3.8) is 0 Å². The molecule has 138 valence electrons. The Balaban J connectivity index is 1.34. The Morgan fingerprint density at radius 1 is 0.960 bits per heavy atom. The minimum absolute atomic E-state index is 0.489. The minimum Gasteiger partial charge on any atom is -0.328 e. The van der Waals surface area contributed by atoms with Crippen molar-refractivity contribution in [1.29, 1.82) is 0 Å². The first-order valence-corrected chi connectivity index (χ1v) is 10.4. The number of rotatable bonds is 6. The molecule has 0 unspecified atom stereocenters. The molecule has 0 radical (unpaired) electrons. The molecule has 2 aliphatic rings. The molecule has 0 atom stereocenters. The van der Waals surface area contributed by atoms with Crippen molar-refractivity contribution >= 4 is 6.08 Å². The van der Waals surface area contributed by atoms with Crippen molar-refractivity contribution in [2.24, 2.45) is 17.6 Å². The topological polar surface area (TPSA) is 38.0 Å². The van der Waals surface area contributed by atoms with Gasteiger partial charge in [0.25, 0.3) is 0 Å². The van der Waals surface area contributed by atoms with Crippen LogP contribution >= 0.6 is 0 Å². The second-order valence-corrected chi connectivity index (χ2v) is 8.52. The van der Waals surface area contributed by atoms with Crippen LogP contribution < -0.4 is 11.1 Å². The molecule has 0 saturated heterocycles. The van der Waals surface area contributed by atoms with E-state index in [1.807, 2.05) is 0 Å². The number of hydrogen-bond donors (Lipinski definition) is 2. The van der Waals surface area contributed by atoms with Crippen LogP contribution in [0.4, 0.5) is 0 Å². The first kappa shape index (κ1) is 18.7. The Morgan fingerprint density at radius 2 is 1.56 bits per heavy atom. The third-order valence-corrected chi connectivity index (χ3v) is 6.29. The Morgan fingerprint density at radius 3 is 2.20 bits per heavy atom. The van der Waals surface area contributed by atoms with Crippen molar-refractivity contribution in [3.05, 3.63) is 41.5 Å². The van der Waals surface area contributed by atoms with Crippen molar-refractivity contribution < 1.29 is 0 Å². The van der Waals surface area contributed by atoms with Gasteiger partial charge in [-0.05, 0) is 82.1 Å². The molecule has 2 fully saturated rings. The molecule has 3 rings (SSSR count). The van der Waals surface area contributed by atoms with Crippen molar-refractivity contribution in [2.75, 3.05) is 6.54 Å². The third-order valence-electron chi connectivity index (χ3n) is 6.29. The van der Waals surface area contributed by atoms with E-state index in [1.54, 1.807) is 0 Å². The highest BCUT2D eigenvalue weighted by atomic mass is 14.9. The predicted molar refractivity (Wildman–Crippen MR) is 108 cm³/mol. The van der Waals surface area contributed by atoms with Gasteiger partial charge in [-0.3, -0.25) is 0 Å². The Labute approximate surface area is 154 Å². The molecule has 0 amide bonds. The van der Waals surface area contributed by atoms with Crippen LogP contribution in [0.25, 0.3) is 6.08 Å². The summed E-state index contributed by atoms with van der Waals surface area (Å²) in [7, 11) is 0. The van der Waals surface area contributed by atoms with Gasteiger partial charge in [0.1, 0.15) is 0 Å². The lowest BCUT2D eigenvalue weighted by Gasteiger charge is -2.33. The summed E-state index contributed by atoms with van der Waals surface area (Å²) in [6.45, 7) is 3.25. The van der Waals surface area contributed by atoms with Crippen LogP contribution in [0, 0.1) is 11.8 Å². The standard InChI is InChI=1S/C23H36N2/c1-18(15-19-5-3-2-4-6-19)17-25-23-13-9-21(10-14-23)16-20-7-11-22(24)12-8-20/h2-6,15,20-23,25H,7-14,16-17,24H2,1H3/b18-15+. The Kier molecular flexibility index (Phi) is 7.12. The maximum Gasteiger partial charge on any atom is 0.0167 e. The summed E-state index contributed by atoms with van der Waals surface area (Å²) in [6.07, 6.45) is 14.6. The molecular formula is C23H36N2. The van der Waals surface area contributed by atoms with E-state index < -0.39 is 0 Å². The molecule has 2 saturated carbocycles. The molecule has 1 aromatic rings. The van der Waals surface area contributed by atoms with Crippen LogP contribution in [-0.2, 0) is 0 Å². The van der Waals surface area contributed by atoms with Crippen LogP contribution in [0.2, 0.25) is 0 Å². The molecule has 2 heteroatoms. The quantitative estimate of drug-likeness (QED) is 0.752. The van der Waals surface area contributed by atoms with E-state index in [4.69, 9.17) is 5.73 Å². The molecule has 3 N–H and O–H groups in total. The third kappa shape index (κ3) is 6.27. The molecule has 0 aliphatic heterocycles. The SMILES string of the molecule is C/C(=C\c1ccccc1)CNC1CCC(CC2CCC(N)CC2)CC1. The normalized spacial score (nSPS) is 31.0. The average molecular weight is 341 g/mol. The fourth-order valence-corrected chi connectivity index (χ4v) is 4.69. The summed E-state index contributed by atoms with van der Waals surface area (Å²) in [5, 5.41) is 3.79. The maximum atomic E-state index is 6.04. The van der Waals surface area contributed by atoms with Gasteiger partial charge in [-0.1, -0.05) is 42.0 Å². The second kappa shape index (κ2) is 9.54. The van der Waals surface area contributed by atoms with Gasteiger partial charge in [-0.2, -0.15) is 0 Å². The smallest absolute Gasteiger partial charge is 0.0167 e. The van der Waals surface area contributed by atoms with Crippen molar-refractivity contribution in [1.82, 2.24) is 5.32 Å². The van der Waals surface area contributed by atoms with Gasteiger partial charge >= 0.3 is 0 Å². The van der Waals surface area contributed by atoms with E-state index in [0.717, 1.165) is 24.4 Å². The van der Waals surface area contributed by atoms with Crippen molar-refractivity contribution in [3.8, 4) is 0 Å². The molecule has 2 aliphatic carbocycles. The van der Waals surface area contributed by atoms with Gasteiger partial charge in [0.15, 0.2) is 0 Å². The second-order valence-electron chi connectivity index (χ2n) is 8.52. The lowest BCUT2D eigenvalue weighted by molar-refractivity contribution is 0.216. The summed E-state index contributed by atoms with van der Waals surface area (Å²) < 4.78 is 0. The van der Waals surface area contributed by atoms with Crippen LogP contribution in [-0.4, -0.2) is 18.6 Å². The van der Waals surface area contributed by atoms with E-state index in [2.05, 4.69) is 48.6 Å². The molecule has 0 spiro atoms. The fourth-order valence-electron chi connectivity index (χ4n) is 4.69. The van der Waals surface area contributed by atoms with Crippen LogP contribution in [0.3, 0.4) is 0 Å². The minimum atomic E-state index is 0.489. The van der Waals surface area contributed by atoms with Gasteiger partial charge < -0.3 is 11.1 Å². The number of nitrogens with one attached hydrogen (secondary N) is 1. The summed E-state index contributed by atoms with van der Waals surface area (Å²) in [6, 6.07) is 11.8. The molecule has 25 heavy (non-hydrogen) atoms. The molecule has 2 nitrogen and oxygen atoms in total. The zero-order valence-electron chi connectivity index (χ0n) is 15.9. The van der Waals surface area contributed by atoms with Gasteiger partial charge in [-0.15, -0.1) is 0 Å². The number of benzene rings is 1. The van der Waals surface area contributed by atoms with Gasteiger partial charge in [0.05, 0.1) is 0 Å². The summed E-state index contributed by atoms with van der Waals surface area (Å²) in [5.41, 5.74) is 8.77. The molecular weight excluding hydrogens is 304 g/mol. The number of hydrogen-bond acceptors (Lipinski definition) is 2. The van der Waals surface area contributed by atoms with Crippen LogP contribution in [0.1, 0.15) is 70.3 Å². The largest absolute Gasteiger partial charge is 0.328 e. The molecule has 0 bridgehead atoms. The van der Waals surface area contributed by atoms with Gasteiger partial charge in [0.2, 0.25) is 0 Å². The van der Waals surface area contributed by atoms with E-state index >= 15 is 0 Å². The maximum absolute atomic E-state index is 6.04. The van der Waals surface area contributed by atoms with E-state index in [-0.39, 0.29) is 0 Å². The summed E-state index contributed by atoms with van der Waals surface area (Å²) >= 11 is 0. The van der Waals surface area contributed by atoms with Gasteiger partial charge in [-0.25, -0.2) is 0 Å². The highest BCUT2D eigenvalue weighted by molar-refractivity contribution is 5.52. The van der Waals surface area contributed by atoms with E-state index in [9.17, 15) is 0 Å². The van der Waals surface area contributed by atoms with Crippen molar-refractivity contribution in [2.45, 2.75) is 76.8 Å². The number of nitrogens with two attached hydrogens (primary N) is 1. The van der Waals surface area contributed by atoms with E-state index in [0.29, 0.717) is 6.04 Å². The van der Waals surface area contributed by atoms with Gasteiger partial charge in [0, 0.05) is 18.6 Å². The Bertz CT molecular complexity index is 520. The van der Waals surface area contributed by atoms with E-state index in [1.165, 1.54) is 68.9 Å². The lowest BCUT2D eigenvalue weighted by Crippen LogP contribution is -2.35. The zero-order valence-corrected chi connectivity index (χ0v) is 15.9. The predicted octanol–water partition coefficient (Wildman–Crippen LogP) is 5.15. The lowest BCUT2D eigenvalue weighted by atomic mass is 9.76. The summed E-state index contributed by atoms with van der Waals surface area (Å²) in [4.78, 5) is 0. The van der Waals surface area contributed by atoms with Crippen LogP contribution in [0.15, 0.2) is 35.9 Å². The first-order valence-electron chi connectivity index (χ1n) is 10.4.